The lowest BCUT2D eigenvalue weighted by molar-refractivity contribution is -0.132. The SMILES string of the molecule is Cn1cc(C2CN(C(=O)CCc3ccc(C#N)cc3)Cc3ccccc32)cn1. The van der Waals surface area contributed by atoms with Crippen molar-refractivity contribution in [1.82, 2.24) is 14.7 Å². The lowest BCUT2D eigenvalue weighted by atomic mass is 9.86. The molecule has 1 amide bonds. The normalized spacial score (nSPS) is 15.7. The summed E-state index contributed by atoms with van der Waals surface area (Å²) in [6.07, 6.45) is 5.08. The molecular formula is C23H22N4O. The third kappa shape index (κ3) is 3.67. The van der Waals surface area contributed by atoms with Crippen LogP contribution in [-0.2, 0) is 24.8 Å². The minimum absolute atomic E-state index is 0.150. The topological polar surface area (TPSA) is 61.9 Å². The molecule has 1 aromatic heterocycles. The highest BCUT2D eigenvalue weighted by Crippen LogP contribution is 2.33. The van der Waals surface area contributed by atoms with Crippen LogP contribution in [-0.4, -0.2) is 27.1 Å². The molecule has 3 aromatic rings. The summed E-state index contributed by atoms with van der Waals surface area (Å²) >= 11 is 0. The predicted octanol–water partition coefficient (Wildman–Crippen LogP) is 3.40. The number of amides is 1. The van der Waals surface area contributed by atoms with Gasteiger partial charge < -0.3 is 4.90 Å². The van der Waals surface area contributed by atoms with Gasteiger partial charge in [0, 0.05) is 38.7 Å². The van der Waals surface area contributed by atoms with Gasteiger partial charge in [0.2, 0.25) is 5.91 Å². The molecule has 1 aliphatic rings. The summed E-state index contributed by atoms with van der Waals surface area (Å²) in [5.74, 6) is 0.310. The average molecular weight is 370 g/mol. The number of nitriles is 1. The van der Waals surface area contributed by atoms with E-state index in [1.165, 1.54) is 11.1 Å². The quantitative estimate of drug-likeness (QED) is 0.707. The third-order valence-electron chi connectivity index (χ3n) is 5.39. The summed E-state index contributed by atoms with van der Waals surface area (Å²) in [5, 5.41) is 13.2. The number of benzene rings is 2. The number of fused-ring (bicyclic) bond motifs is 1. The van der Waals surface area contributed by atoms with Crippen molar-refractivity contribution < 1.29 is 4.79 Å². The van der Waals surface area contributed by atoms with E-state index in [-0.39, 0.29) is 11.8 Å². The molecule has 0 N–H and O–H groups in total. The molecule has 0 radical (unpaired) electrons. The van der Waals surface area contributed by atoms with E-state index in [2.05, 4.69) is 29.4 Å². The molecule has 0 bridgehead atoms. The van der Waals surface area contributed by atoms with Crippen molar-refractivity contribution in [3.05, 3.63) is 88.7 Å². The summed E-state index contributed by atoms with van der Waals surface area (Å²) in [6.45, 7) is 1.33. The zero-order chi connectivity index (χ0) is 19.5. The first kappa shape index (κ1) is 18.0. The zero-order valence-corrected chi connectivity index (χ0v) is 15.9. The van der Waals surface area contributed by atoms with Gasteiger partial charge in [-0.2, -0.15) is 10.4 Å². The molecule has 0 aliphatic carbocycles. The third-order valence-corrected chi connectivity index (χ3v) is 5.39. The fraction of sp³-hybridized carbons (Fsp3) is 0.261. The first-order chi connectivity index (χ1) is 13.6. The van der Waals surface area contributed by atoms with Gasteiger partial charge in [-0.15, -0.1) is 0 Å². The molecule has 1 unspecified atom stereocenters. The second-order valence-corrected chi connectivity index (χ2v) is 7.28. The molecular weight excluding hydrogens is 348 g/mol. The maximum Gasteiger partial charge on any atom is 0.223 e. The van der Waals surface area contributed by atoms with Crippen LogP contribution in [0.5, 0.6) is 0 Å². The minimum Gasteiger partial charge on any atom is -0.337 e. The summed E-state index contributed by atoms with van der Waals surface area (Å²) < 4.78 is 1.81. The number of carbonyl (C=O) groups excluding carboxylic acids is 1. The van der Waals surface area contributed by atoms with Gasteiger partial charge in [0.15, 0.2) is 0 Å². The molecule has 1 atom stereocenters. The number of carbonyl (C=O) groups is 1. The molecule has 5 heteroatoms. The fourth-order valence-corrected chi connectivity index (χ4v) is 3.86. The molecule has 0 spiro atoms. The number of aryl methyl sites for hydroxylation is 2. The summed E-state index contributed by atoms with van der Waals surface area (Å²) in [4.78, 5) is 14.9. The Morgan fingerprint density at radius 1 is 1.21 bits per heavy atom. The fourth-order valence-electron chi connectivity index (χ4n) is 3.86. The van der Waals surface area contributed by atoms with Gasteiger partial charge in [-0.25, -0.2) is 0 Å². The molecule has 140 valence electrons. The van der Waals surface area contributed by atoms with Crippen LogP contribution in [0.2, 0.25) is 0 Å². The molecule has 28 heavy (non-hydrogen) atoms. The van der Waals surface area contributed by atoms with E-state index in [0.717, 1.165) is 11.1 Å². The largest absolute Gasteiger partial charge is 0.337 e. The van der Waals surface area contributed by atoms with E-state index in [9.17, 15) is 4.79 Å². The van der Waals surface area contributed by atoms with Crippen LogP contribution < -0.4 is 0 Å². The van der Waals surface area contributed by atoms with E-state index >= 15 is 0 Å². The van der Waals surface area contributed by atoms with Crippen LogP contribution in [0.1, 0.15) is 40.2 Å². The Labute approximate surface area is 164 Å². The number of rotatable bonds is 4. The Balaban J connectivity index is 1.50. The van der Waals surface area contributed by atoms with Crippen LogP contribution >= 0.6 is 0 Å². The second-order valence-electron chi connectivity index (χ2n) is 7.28. The van der Waals surface area contributed by atoms with Crippen molar-refractivity contribution in [1.29, 1.82) is 5.26 Å². The van der Waals surface area contributed by atoms with Gasteiger partial charge >= 0.3 is 0 Å². The second kappa shape index (κ2) is 7.69. The lowest BCUT2D eigenvalue weighted by Gasteiger charge is -2.34. The average Bonchev–Trinajstić information content (AvgIpc) is 3.17. The van der Waals surface area contributed by atoms with E-state index < -0.39 is 0 Å². The van der Waals surface area contributed by atoms with E-state index in [1.807, 2.05) is 47.2 Å². The zero-order valence-electron chi connectivity index (χ0n) is 15.9. The Kier molecular flexibility index (Phi) is 4.94. The van der Waals surface area contributed by atoms with Crippen molar-refractivity contribution in [3.8, 4) is 6.07 Å². The van der Waals surface area contributed by atoms with Crippen LogP contribution in [0, 0.1) is 11.3 Å². The Morgan fingerprint density at radius 3 is 2.71 bits per heavy atom. The smallest absolute Gasteiger partial charge is 0.223 e. The lowest BCUT2D eigenvalue weighted by Crippen LogP contribution is -2.38. The van der Waals surface area contributed by atoms with Gasteiger partial charge in [0.05, 0.1) is 17.8 Å². The highest BCUT2D eigenvalue weighted by atomic mass is 16.2. The van der Waals surface area contributed by atoms with E-state index in [0.29, 0.717) is 31.5 Å². The van der Waals surface area contributed by atoms with Crippen LogP contribution in [0.15, 0.2) is 60.9 Å². The Hall–Kier alpha value is -3.39. The molecule has 5 nitrogen and oxygen atoms in total. The summed E-state index contributed by atoms with van der Waals surface area (Å²) in [7, 11) is 1.92. The number of nitrogens with zero attached hydrogens (tertiary/aromatic N) is 4. The minimum atomic E-state index is 0.150. The molecule has 2 heterocycles. The van der Waals surface area contributed by atoms with E-state index in [1.54, 1.807) is 12.1 Å². The molecule has 0 saturated carbocycles. The van der Waals surface area contributed by atoms with E-state index in [4.69, 9.17) is 5.26 Å². The highest BCUT2D eigenvalue weighted by Gasteiger charge is 2.29. The first-order valence-corrected chi connectivity index (χ1v) is 9.47. The molecule has 4 rings (SSSR count). The van der Waals surface area contributed by atoms with Gasteiger partial charge in [0.1, 0.15) is 0 Å². The summed E-state index contributed by atoms with van der Waals surface area (Å²) in [5.41, 5.74) is 5.34. The van der Waals surface area contributed by atoms with Crippen molar-refractivity contribution in [2.45, 2.75) is 25.3 Å². The van der Waals surface area contributed by atoms with Crippen LogP contribution in [0.25, 0.3) is 0 Å². The van der Waals surface area contributed by atoms with Gasteiger partial charge in [0.25, 0.3) is 0 Å². The summed E-state index contributed by atoms with van der Waals surface area (Å²) in [6, 6.07) is 17.9. The molecule has 0 fully saturated rings. The first-order valence-electron chi connectivity index (χ1n) is 9.47. The maximum atomic E-state index is 12.9. The van der Waals surface area contributed by atoms with Crippen molar-refractivity contribution in [2.75, 3.05) is 6.54 Å². The monoisotopic (exact) mass is 370 g/mol. The molecule has 0 saturated heterocycles. The van der Waals surface area contributed by atoms with Crippen LogP contribution in [0.3, 0.4) is 0 Å². The van der Waals surface area contributed by atoms with Crippen molar-refractivity contribution in [3.63, 3.8) is 0 Å². The van der Waals surface area contributed by atoms with Gasteiger partial charge in [-0.05, 0) is 40.8 Å². The van der Waals surface area contributed by atoms with Crippen molar-refractivity contribution >= 4 is 5.91 Å². The van der Waals surface area contributed by atoms with Gasteiger partial charge in [-0.3, -0.25) is 9.48 Å². The number of hydrogen-bond acceptors (Lipinski definition) is 3. The maximum absolute atomic E-state index is 12.9. The highest BCUT2D eigenvalue weighted by molar-refractivity contribution is 5.77. The van der Waals surface area contributed by atoms with Crippen LogP contribution in [0.4, 0.5) is 0 Å². The number of aromatic nitrogens is 2. The molecule has 2 aromatic carbocycles. The predicted molar refractivity (Wildman–Crippen MR) is 106 cm³/mol. The standard InChI is InChI=1S/C23H22N4O/c1-26-14-20(13-25-26)22-16-27(15-19-4-2-3-5-21(19)22)23(28)11-10-17-6-8-18(12-24)9-7-17/h2-9,13-14,22H,10-11,15-16H2,1H3. The Bertz CT molecular complexity index is 1030. The molecule has 1 aliphatic heterocycles. The van der Waals surface area contributed by atoms with Gasteiger partial charge in [-0.1, -0.05) is 36.4 Å². The Morgan fingerprint density at radius 2 is 2.00 bits per heavy atom. The number of hydrogen-bond donors (Lipinski definition) is 0. The van der Waals surface area contributed by atoms with Crippen molar-refractivity contribution in [2.24, 2.45) is 7.05 Å².